The second-order valence-electron chi connectivity index (χ2n) is 5.69. The summed E-state index contributed by atoms with van der Waals surface area (Å²) in [6, 6.07) is 11.9. The molecule has 5 heteroatoms. The number of nitrogens with zero attached hydrogens (tertiary/aromatic N) is 2. The largest absolute Gasteiger partial charge is 0.278 e. The van der Waals surface area contributed by atoms with Crippen LogP contribution in [0.1, 0.15) is 5.56 Å². The summed E-state index contributed by atoms with van der Waals surface area (Å²) in [7, 11) is 0. The van der Waals surface area contributed by atoms with Gasteiger partial charge in [-0.25, -0.2) is 8.78 Å². The summed E-state index contributed by atoms with van der Waals surface area (Å²) in [5.74, 6) is -0.692. The third-order valence-electron chi connectivity index (χ3n) is 4.04. The van der Waals surface area contributed by atoms with Gasteiger partial charge in [0, 0.05) is 16.5 Å². The molecule has 3 nitrogen and oxygen atoms in total. The number of aromatic amines is 1. The minimum absolute atomic E-state index is 0.276. The fourth-order valence-electron chi connectivity index (χ4n) is 2.79. The van der Waals surface area contributed by atoms with Crippen molar-refractivity contribution in [3.05, 3.63) is 72.1 Å². The van der Waals surface area contributed by atoms with Crippen molar-refractivity contribution in [3.8, 4) is 22.4 Å². The van der Waals surface area contributed by atoms with Crippen molar-refractivity contribution in [1.29, 1.82) is 0 Å². The van der Waals surface area contributed by atoms with E-state index >= 15 is 0 Å². The number of hydrogen-bond donors (Lipinski definition) is 1. The van der Waals surface area contributed by atoms with Crippen molar-refractivity contribution in [2.24, 2.45) is 0 Å². The van der Waals surface area contributed by atoms with Gasteiger partial charge in [-0.1, -0.05) is 6.07 Å². The lowest BCUT2D eigenvalue weighted by Gasteiger charge is -2.10. The number of aryl methyl sites for hydroxylation is 1. The molecule has 118 valence electrons. The molecule has 0 unspecified atom stereocenters. The summed E-state index contributed by atoms with van der Waals surface area (Å²) in [6.45, 7) is 1.69. The van der Waals surface area contributed by atoms with Crippen LogP contribution in [0.25, 0.3) is 33.3 Å². The maximum absolute atomic E-state index is 13.8. The molecule has 2 aromatic heterocycles. The highest BCUT2D eigenvalue weighted by atomic mass is 19.1. The lowest BCUT2D eigenvalue weighted by atomic mass is 9.97. The molecule has 0 bridgehead atoms. The zero-order chi connectivity index (χ0) is 16.7. The Bertz CT molecular complexity index is 1050. The molecule has 0 saturated carbocycles. The SMILES string of the molecule is Cc1cc(-c2ncc(F)cc2-c2ccc3[nH]ncc3c2)ccc1F. The molecule has 0 aliphatic heterocycles. The van der Waals surface area contributed by atoms with Crippen LogP contribution >= 0.6 is 0 Å². The van der Waals surface area contributed by atoms with E-state index in [2.05, 4.69) is 15.2 Å². The predicted octanol–water partition coefficient (Wildman–Crippen LogP) is 4.88. The molecule has 0 aliphatic carbocycles. The molecule has 0 fully saturated rings. The monoisotopic (exact) mass is 321 g/mol. The van der Waals surface area contributed by atoms with E-state index < -0.39 is 5.82 Å². The van der Waals surface area contributed by atoms with Crippen LogP contribution in [-0.4, -0.2) is 15.2 Å². The molecule has 0 spiro atoms. The number of benzene rings is 2. The van der Waals surface area contributed by atoms with Crippen molar-refractivity contribution in [1.82, 2.24) is 15.2 Å². The number of nitrogens with one attached hydrogen (secondary N) is 1. The molecule has 0 aliphatic rings. The van der Waals surface area contributed by atoms with Gasteiger partial charge in [0.2, 0.25) is 0 Å². The first-order valence-electron chi connectivity index (χ1n) is 7.47. The normalized spacial score (nSPS) is 11.1. The van der Waals surface area contributed by atoms with Crippen molar-refractivity contribution < 1.29 is 8.78 Å². The first kappa shape index (κ1) is 14.5. The van der Waals surface area contributed by atoms with E-state index in [9.17, 15) is 8.78 Å². The fourth-order valence-corrected chi connectivity index (χ4v) is 2.79. The van der Waals surface area contributed by atoms with E-state index in [0.717, 1.165) is 22.0 Å². The zero-order valence-corrected chi connectivity index (χ0v) is 12.8. The highest BCUT2D eigenvalue weighted by molar-refractivity contribution is 5.88. The zero-order valence-electron chi connectivity index (χ0n) is 12.8. The summed E-state index contributed by atoms with van der Waals surface area (Å²) in [5, 5.41) is 7.82. The van der Waals surface area contributed by atoms with Crippen LogP contribution in [0, 0.1) is 18.6 Å². The van der Waals surface area contributed by atoms with Gasteiger partial charge in [0.1, 0.15) is 11.6 Å². The Morgan fingerprint density at radius 1 is 0.917 bits per heavy atom. The van der Waals surface area contributed by atoms with Crippen LogP contribution in [-0.2, 0) is 0 Å². The maximum Gasteiger partial charge on any atom is 0.142 e. The van der Waals surface area contributed by atoms with Gasteiger partial charge < -0.3 is 0 Å². The van der Waals surface area contributed by atoms with Crippen molar-refractivity contribution in [2.45, 2.75) is 6.92 Å². The van der Waals surface area contributed by atoms with Crippen molar-refractivity contribution >= 4 is 10.9 Å². The van der Waals surface area contributed by atoms with E-state index in [1.165, 1.54) is 18.3 Å². The lowest BCUT2D eigenvalue weighted by Crippen LogP contribution is -1.93. The fraction of sp³-hybridized carbons (Fsp3) is 0.0526. The van der Waals surface area contributed by atoms with Crippen LogP contribution in [0.5, 0.6) is 0 Å². The Morgan fingerprint density at radius 2 is 1.75 bits per heavy atom. The standard InChI is InChI=1S/C19H13F2N3/c1-11-6-13(2-4-17(11)21)19-16(8-15(20)10-22-19)12-3-5-18-14(7-12)9-23-24-18/h2-10H,1H3,(H,23,24). The van der Waals surface area contributed by atoms with Crippen molar-refractivity contribution in [3.63, 3.8) is 0 Å². The van der Waals surface area contributed by atoms with Crippen LogP contribution in [0.4, 0.5) is 8.78 Å². The number of H-pyrrole nitrogens is 1. The van der Waals surface area contributed by atoms with E-state index in [0.29, 0.717) is 16.8 Å². The Hall–Kier alpha value is -3.08. The summed E-state index contributed by atoms with van der Waals surface area (Å²) in [5.41, 5.74) is 4.27. The summed E-state index contributed by atoms with van der Waals surface area (Å²) < 4.78 is 27.4. The molecule has 4 aromatic rings. The van der Waals surface area contributed by atoms with Gasteiger partial charge in [0.25, 0.3) is 0 Å². The van der Waals surface area contributed by atoms with Crippen molar-refractivity contribution in [2.75, 3.05) is 0 Å². The molecule has 2 heterocycles. The molecule has 0 amide bonds. The molecule has 4 rings (SSSR count). The van der Waals surface area contributed by atoms with Gasteiger partial charge in [-0.15, -0.1) is 0 Å². The average Bonchev–Trinajstić information content (AvgIpc) is 3.05. The second-order valence-corrected chi connectivity index (χ2v) is 5.69. The van der Waals surface area contributed by atoms with Crippen LogP contribution in [0.3, 0.4) is 0 Å². The summed E-state index contributed by atoms with van der Waals surface area (Å²) in [6.07, 6.45) is 2.89. The Labute approximate surface area is 137 Å². The predicted molar refractivity (Wildman–Crippen MR) is 89.4 cm³/mol. The molecule has 2 aromatic carbocycles. The van der Waals surface area contributed by atoms with Gasteiger partial charge in [0.15, 0.2) is 0 Å². The lowest BCUT2D eigenvalue weighted by molar-refractivity contribution is 0.618. The number of rotatable bonds is 2. The minimum atomic E-state index is -0.417. The minimum Gasteiger partial charge on any atom is -0.278 e. The van der Waals surface area contributed by atoms with Crippen LogP contribution in [0.2, 0.25) is 0 Å². The topological polar surface area (TPSA) is 41.6 Å². The molecular formula is C19H13F2N3. The van der Waals surface area contributed by atoms with Crippen LogP contribution < -0.4 is 0 Å². The molecule has 0 saturated heterocycles. The average molecular weight is 321 g/mol. The van der Waals surface area contributed by atoms with E-state index in [4.69, 9.17) is 0 Å². The Balaban J connectivity index is 1.93. The third kappa shape index (κ3) is 2.44. The van der Waals surface area contributed by atoms with Gasteiger partial charge in [-0.2, -0.15) is 5.10 Å². The smallest absolute Gasteiger partial charge is 0.142 e. The molecular weight excluding hydrogens is 308 g/mol. The van der Waals surface area contributed by atoms with Gasteiger partial charge >= 0.3 is 0 Å². The highest BCUT2D eigenvalue weighted by Gasteiger charge is 2.12. The van der Waals surface area contributed by atoms with E-state index in [1.54, 1.807) is 25.3 Å². The highest BCUT2D eigenvalue weighted by Crippen LogP contribution is 2.33. The summed E-state index contributed by atoms with van der Waals surface area (Å²) >= 11 is 0. The number of fused-ring (bicyclic) bond motifs is 1. The molecule has 0 radical (unpaired) electrons. The van der Waals surface area contributed by atoms with Gasteiger partial charge in [-0.05, 0) is 54.4 Å². The quantitative estimate of drug-likeness (QED) is 0.572. The Kier molecular flexibility index (Phi) is 3.34. The van der Waals surface area contributed by atoms with E-state index in [1.807, 2.05) is 18.2 Å². The van der Waals surface area contributed by atoms with Crippen LogP contribution in [0.15, 0.2) is 54.9 Å². The number of aromatic nitrogens is 3. The number of pyridine rings is 1. The maximum atomic E-state index is 13.8. The second kappa shape index (κ2) is 5.53. The van der Waals surface area contributed by atoms with E-state index in [-0.39, 0.29) is 5.82 Å². The first-order valence-corrected chi connectivity index (χ1v) is 7.47. The summed E-state index contributed by atoms with van der Waals surface area (Å²) in [4.78, 5) is 4.24. The first-order chi connectivity index (χ1) is 11.6. The third-order valence-corrected chi connectivity index (χ3v) is 4.04. The number of halogens is 2. The molecule has 0 atom stereocenters. The number of hydrogen-bond acceptors (Lipinski definition) is 2. The molecule has 24 heavy (non-hydrogen) atoms. The molecule has 1 N–H and O–H groups in total. The van der Waals surface area contributed by atoms with Gasteiger partial charge in [-0.3, -0.25) is 10.1 Å². The Morgan fingerprint density at radius 3 is 2.58 bits per heavy atom. The van der Waals surface area contributed by atoms with Gasteiger partial charge in [0.05, 0.1) is 23.6 Å².